The molecule has 0 spiro atoms. The molecule has 0 aliphatic carbocycles. The lowest BCUT2D eigenvalue weighted by Gasteiger charge is -2.21. The second-order valence-electron chi connectivity index (χ2n) is 8.94. The average Bonchev–Trinajstić information content (AvgIpc) is 3.51. The lowest BCUT2D eigenvalue weighted by atomic mass is 10.0. The van der Waals surface area contributed by atoms with Crippen molar-refractivity contribution in [2.45, 2.75) is 25.4 Å². The third-order valence-corrected chi connectivity index (χ3v) is 6.59. The zero-order chi connectivity index (χ0) is 27.8. The third kappa shape index (κ3) is 5.78. The molecule has 3 aromatic carbocycles. The summed E-state index contributed by atoms with van der Waals surface area (Å²) in [4.78, 5) is 6.57. The summed E-state index contributed by atoms with van der Waals surface area (Å²) in [6, 6.07) is 17.7. The van der Waals surface area contributed by atoms with Crippen LogP contribution in [0.25, 0.3) is 11.3 Å². The van der Waals surface area contributed by atoms with Crippen molar-refractivity contribution in [3.63, 3.8) is 0 Å². The van der Waals surface area contributed by atoms with E-state index in [0.29, 0.717) is 59.6 Å². The quantitative estimate of drug-likeness (QED) is 0.239. The first-order chi connectivity index (χ1) is 18.5. The molecule has 1 aliphatic rings. The highest BCUT2D eigenvalue weighted by Crippen LogP contribution is 2.37. The highest BCUT2D eigenvalue weighted by molar-refractivity contribution is 6.31. The van der Waals surface area contributed by atoms with Gasteiger partial charge in [-0.2, -0.15) is 26.3 Å². The Morgan fingerprint density at radius 1 is 0.795 bits per heavy atom. The normalized spacial score (nSPS) is 14.1. The summed E-state index contributed by atoms with van der Waals surface area (Å²) < 4.78 is 82.0. The van der Waals surface area contributed by atoms with Gasteiger partial charge >= 0.3 is 12.4 Å². The van der Waals surface area contributed by atoms with Crippen LogP contribution in [0.5, 0.6) is 0 Å². The smallest absolute Gasteiger partial charge is 0.349 e. The van der Waals surface area contributed by atoms with Gasteiger partial charge in [0.15, 0.2) is 11.5 Å². The summed E-state index contributed by atoms with van der Waals surface area (Å²) in [5.74, 6) is 0.514. The molecule has 2 heterocycles. The van der Waals surface area contributed by atoms with Gasteiger partial charge in [0, 0.05) is 23.7 Å². The van der Waals surface area contributed by atoms with Crippen molar-refractivity contribution < 1.29 is 26.3 Å². The van der Waals surface area contributed by atoms with Crippen LogP contribution >= 0.6 is 11.6 Å². The molecule has 0 atom stereocenters. The van der Waals surface area contributed by atoms with Crippen molar-refractivity contribution in [3.05, 3.63) is 106 Å². The van der Waals surface area contributed by atoms with Crippen molar-refractivity contribution in [3.8, 4) is 11.3 Å². The molecule has 202 valence electrons. The molecule has 0 fully saturated rings. The standard InChI is InChI=1S/C27H20ClF6N5/c28-22-9-5-4-8-19(22)16-38-11-10-35-25(38)23-24(18-6-2-1-3-7-18)39(37-36-23)15-17-12-20(26(29,30)31)14-21(13-17)27(32,33)34/h1-9,12-14H,10-11,15-16H2. The van der Waals surface area contributed by atoms with E-state index >= 15 is 0 Å². The van der Waals surface area contributed by atoms with Gasteiger partial charge in [-0.3, -0.25) is 4.99 Å². The van der Waals surface area contributed by atoms with Crippen molar-refractivity contribution in [2.75, 3.05) is 13.1 Å². The molecular formula is C27H20ClF6N5. The molecule has 5 nitrogen and oxygen atoms in total. The fourth-order valence-electron chi connectivity index (χ4n) is 4.43. The Balaban J connectivity index is 1.57. The molecule has 0 amide bonds. The number of hydrogen-bond donors (Lipinski definition) is 0. The Labute approximate surface area is 224 Å². The lowest BCUT2D eigenvalue weighted by Crippen LogP contribution is -2.29. The minimum atomic E-state index is -4.95. The maximum absolute atomic E-state index is 13.4. The predicted molar refractivity (Wildman–Crippen MR) is 134 cm³/mol. The van der Waals surface area contributed by atoms with Crippen LogP contribution in [-0.2, 0) is 25.4 Å². The minimum absolute atomic E-state index is 0.105. The number of nitrogens with zero attached hydrogens (tertiary/aromatic N) is 5. The Hall–Kier alpha value is -3.86. The zero-order valence-corrected chi connectivity index (χ0v) is 20.9. The molecule has 0 unspecified atom stereocenters. The Morgan fingerprint density at radius 2 is 1.44 bits per heavy atom. The second kappa shape index (κ2) is 10.4. The van der Waals surface area contributed by atoms with Crippen molar-refractivity contribution >= 4 is 17.4 Å². The molecule has 0 bridgehead atoms. The molecule has 0 radical (unpaired) electrons. The molecule has 0 N–H and O–H groups in total. The van der Waals surface area contributed by atoms with Crippen molar-refractivity contribution in [1.29, 1.82) is 0 Å². The van der Waals surface area contributed by atoms with E-state index in [2.05, 4.69) is 15.3 Å². The van der Waals surface area contributed by atoms with Crippen LogP contribution in [0.1, 0.15) is 27.9 Å². The number of halogens is 7. The Bertz CT molecular complexity index is 1480. The van der Waals surface area contributed by atoms with Gasteiger partial charge < -0.3 is 4.90 Å². The maximum Gasteiger partial charge on any atom is 0.416 e. The zero-order valence-electron chi connectivity index (χ0n) is 20.1. The number of aromatic nitrogens is 3. The lowest BCUT2D eigenvalue weighted by molar-refractivity contribution is -0.143. The minimum Gasteiger partial charge on any atom is -0.349 e. The van der Waals surface area contributed by atoms with Crippen LogP contribution in [0.3, 0.4) is 0 Å². The van der Waals surface area contributed by atoms with Crippen LogP contribution in [0.2, 0.25) is 5.02 Å². The summed E-state index contributed by atoms with van der Waals surface area (Å²) in [5.41, 5.74) is -0.703. The van der Waals surface area contributed by atoms with Gasteiger partial charge in [-0.05, 0) is 35.4 Å². The largest absolute Gasteiger partial charge is 0.416 e. The molecular weight excluding hydrogens is 544 g/mol. The number of benzene rings is 3. The van der Waals surface area contributed by atoms with Gasteiger partial charge in [-0.15, -0.1) is 5.10 Å². The van der Waals surface area contributed by atoms with E-state index < -0.39 is 23.5 Å². The number of aliphatic imine (C=N–C) groups is 1. The first-order valence-corrected chi connectivity index (χ1v) is 12.2. The highest BCUT2D eigenvalue weighted by Gasteiger charge is 2.37. The molecule has 0 saturated carbocycles. The number of alkyl halides is 6. The van der Waals surface area contributed by atoms with E-state index in [0.717, 1.165) is 5.56 Å². The van der Waals surface area contributed by atoms with Crippen molar-refractivity contribution in [1.82, 2.24) is 19.9 Å². The molecule has 0 saturated heterocycles. The van der Waals surface area contributed by atoms with E-state index in [-0.39, 0.29) is 18.2 Å². The number of amidine groups is 1. The van der Waals surface area contributed by atoms with Gasteiger partial charge in [0.1, 0.15) is 5.69 Å². The summed E-state index contributed by atoms with van der Waals surface area (Å²) in [6.07, 6.45) is -9.91. The number of rotatable bonds is 6. The second-order valence-corrected chi connectivity index (χ2v) is 9.35. The maximum atomic E-state index is 13.4. The molecule has 1 aromatic heterocycles. The van der Waals surface area contributed by atoms with E-state index in [1.165, 1.54) is 4.68 Å². The van der Waals surface area contributed by atoms with Gasteiger partial charge in [0.2, 0.25) is 0 Å². The molecule has 12 heteroatoms. The average molecular weight is 564 g/mol. The molecule has 1 aliphatic heterocycles. The fraction of sp³-hybridized carbons (Fsp3) is 0.222. The molecule has 39 heavy (non-hydrogen) atoms. The Kier molecular flexibility index (Phi) is 7.11. The monoisotopic (exact) mass is 563 g/mol. The van der Waals surface area contributed by atoms with Crippen molar-refractivity contribution in [2.24, 2.45) is 4.99 Å². The van der Waals surface area contributed by atoms with Gasteiger partial charge in [-0.25, -0.2) is 4.68 Å². The molecule has 5 rings (SSSR count). The van der Waals surface area contributed by atoms with Gasteiger partial charge in [0.05, 0.1) is 24.2 Å². The number of hydrogen-bond acceptors (Lipinski definition) is 4. The summed E-state index contributed by atoms with van der Waals surface area (Å²) in [7, 11) is 0. The Morgan fingerprint density at radius 3 is 2.08 bits per heavy atom. The molecule has 4 aromatic rings. The SMILES string of the molecule is FC(F)(F)c1cc(Cn2nnc(C3=NCCN3Cc3ccccc3Cl)c2-c2ccccc2)cc(C(F)(F)F)c1. The van der Waals surface area contributed by atoms with Crippen LogP contribution in [0, 0.1) is 0 Å². The van der Waals surface area contributed by atoms with Crippen LogP contribution in [0.15, 0.2) is 77.8 Å². The highest BCUT2D eigenvalue weighted by atomic mass is 35.5. The van der Waals surface area contributed by atoms with Crippen LogP contribution < -0.4 is 0 Å². The van der Waals surface area contributed by atoms with E-state index in [1.54, 1.807) is 36.4 Å². The first-order valence-electron chi connectivity index (χ1n) is 11.8. The van der Waals surface area contributed by atoms with E-state index in [4.69, 9.17) is 11.6 Å². The van der Waals surface area contributed by atoms with Crippen LogP contribution in [0.4, 0.5) is 26.3 Å². The van der Waals surface area contributed by atoms with E-state index in [9.17, 15) is 26.3 Å². The van der Waals surface area contributed by atoms with Gasteiger partial charge in [-0.1, -0.05) is 65.3 Å². The third-order valence-electron chi connectivity index (χ3n) is 6.22. The summed E-state index contributed by atoms with van der Waals surface area (Å²) >= 11 is 6.35. The summed E-state index contributed by atoms with van der Waals surface area (Å²) in [5, 5.41) is 9.02. The van der Waals surface area contributed by atoms with Crippen LogP contribution in [-0.4, -0.2) is 38.8 Å². The summed E-state index contributed by atoms with van der Waals surface area (Å²) in [6.45, 7) is 1.11. The first kappa shape index (κ1) is 26.7. The topological polar surface area (TPSA) is 46.3 Å². The predicted octanol–water partition coefficient (Wildman–Crippen LogP) is 6.95. The van der Waals surface area contributed by atoms with E-state index in [1.807, 2.05) is 23.1 Å². The fourth-order valence-corrected chi connectivity index (χ4v) is 4.63. The van der Waals surface area contributed by atoms with Gasteiger partial charge in [0.25, 0.3) is 0 Å².